The molecule has 0 fully saturated rings. The molecular formula is C23H18. The Morgan fingerprint density at radius 3 is 2.26 bits per heavy atom. The highest BCUT2D eigenvalue weighted by atomic mass is 14.2. The fourth-order valence-corrected chi connectivity index (χ4v) is 4.01. The highest BCUT2D eigenvalue weighted by Gasteiger charge is 2.13. The van der Waals surface area contributed by atoms with Crippen LogP contribution in [0, 0.1) is 0 Å². The van der Waals surface area contributed by atoms with Gasteiger partial charge in [0.2, 0.25) is 0 Å². The third-order valence-electron chi connectivity index (χ3n) is 5.23. The first-order chi connectivity index (χ1) is 11.3. The van der Waals surface area contributed by atoms with Crippen LogP contribution in [0.3, 0.4) is 0 Å². The Balaban J connectivity index is 1.95. The van der Waals surface area contributed by atoms with E-state index in [0.29, 0.717) is 0 Å². The molecule has 0 unspecified atom stereocenters. The van der Waals surface area contributed by atoms with Crippen molar-refractivity contribution in [3.05, 3.63) is 77.4 Å². The molecule has 1 aliphatic carbocycles. The van der Waals surface area contributed by atoms with Crippen LogP contribution >= 0.6 is 0 Å². The number of hydrogen-bond donors (Lipinski definition) is 0. The van der Waals surface area contributed by atoms with Crippen LogP contribution in [0.25, 0.3) is 38.4 Å². The van der Waals surface area contributed by atoms with Crippen LogP contribution in [0.5, 0.6) is 0 Å². The van der Waals surface area contributed by atoms with Crippen LogP contribution in [-0.4, -0.2) is 0 Å². The van der Waals surface area contributed by atoms with E-state index in [1.807, 2.05) is 0 Å². The van der Waals surface area contributed by atoms with Crippen molar-refractivity contribution >= 4 is 38.4 Å². The van der Waals surface area contributed by atoms with E-state index in [4.69, 9.17) is 0 Å². The standard InChI is InChI=1S/C23H18/c1-15-6-7-17-9-11-21-20-10-8-16-4-2-3-5-18(16)19(20)12-13-22(21)23(17)14-15/h2-5,8-14H,6-7H2,1H3. The lowest BCUT2D eigenvalue weighted by molar-refractivity contribution is 0.931. The summed E-state index contributed by atoms with van der Waals surface area (Å²) in [5.41, 5.74) is 4.41. The molecule has 0 aromatic heterocycles. The maximum Gasteiger partial charge on any atom is -0.00987 e. The fraction of sp³-hybridized carbons (Fsp3) is 0.130. The third-order valence-corrected chi connectivity index (χ3v) is 5.23. The van der Waals surface area contributed by atoms with E-state index in [2.05, 4.69) is 73.7 Å². The van der Waals surface area contributed by atoms with E-state index in [0.717, 1.165) is 0 Å². The first-order valence-electron chi connectivity index (χ1n) is 8.34. The second-order valence-electron chi connectivity index (χ2n) is 6.67. The summed E-state index contributed by atoms with van der Waals surface area (Å²) in [7, 11) is 0. The highest BCUT2D eigenvalue weighted by Crippen LogP contribution is 2.36. The molecule has 0 atom stereocenters. The molecule has 0 spiro atoms. The van der Waals surface area contributed by atoms with Gasteiger partial charge in [-0.3, -0.25) is 0 Å². The SMILES string of the molecule is CC1=Cc2c(ccc3c2ccc2c4ccccc4ccc32)CC1. The molecule has 23 heavy (non-hydrogen) atoms. The second kappa shape index (κ2) is 4.70. The summed E-state index contributed by atoms with van der Waals surface area (Å²) < 4.78 is 0. The monoisotopic (exact) mass is 294 g/mol. The van der Waals surface area contributed by atoms with E-state index in [9.17, 15) is 0 Å². The molecule has 4 aromatic carbocycles. The van der Waals surface area contributed by atoms with E-state index >= 15 is 0 Å². The predicted molar refractivity (Wildman–Crippen MR) is 101 cm³/mol. The molecule has 0 radical (unpaired) electrons. The molecule has 0 heteroatoms. The Kier molecular flexibility index (Phi) is 2.63. The van der Waals surface area contributed by atoms with Gasteiger partial charge in [0.15, 0.2) is 0 Å². The molecule has 0 saturated heterocycles. The van der Waals surface area contributed by atoms with E-state index in [1.165, 1.54) is 61.9 Å². The molecule has 110 valence electrons. The predicted octanol–water partition coefficient (Wildman–Crippen LogP) is 6.50. The number of rotatable bonds is 0. The largest absolute Gasteiger partial charge is 0.0724 e. The van der Waals surface area contributed by atoms with Gasteiger partial charge in [-0.1, -0.05) is 72.3 Å². The number of fused-ring (bicyclic) bond motifs is 7. The quantitative estimate of drug-likeness (QED) is 0.325. The van der Waals surface area contributed by atoms with Crippen LogP contribution in [0.4, 0.5) is 0 Å². The topological polar surface area (TPSA) is 0 Å². The minimum Gasteiger partial charge on any atom is -0.0724 e. The Labute approximate surface area is 136 Å². The summed E-state index contributed by atoms with van der Waals surface area (Å²) in [5, 5.41) is 8.14. The van der Waals surface area contributed by atoms with Gasteiger partial charge >= 0.3 is 0 Å². The van der Waals surface area contributed by atoms with Gasteiger partial charge in [-0.05, 0) is 63.2 Å². The molecule has 0 saturated carbocycles. The van der Waals surface area contributed by atoms with Gasteiger partial charge in [-0.2, -0.15) is 0 Å². The van der Waals surface area contributed by atoms with Crippen LogP contribution < -0.4 is 0 Å². The molecule has 0 N–H and O–H groups in total. The Morgan fingerprint density at radius 2 is 1.30 bits per heavy atom. The van der Waals surface area contributed by atoms with Gasteiger partial charge in [-0.15, -0.1) is 0 Å². The van der Waals surface area contributed by atoms with Gasteiger partial charge in [0, 0.05) is 0 Å². The summed E-state index contributed by atoms with van der Waals surface area (Å²) >= 11 is 0. The fourth-order valence-electron chi connectivity index (χ4n) is 4.01. The van der Waals surface area contributed by atoms with Gasteiger partial charge in [0.25, 0.3) is 0 Å². The van der Waals surface area contributed by atoms with Crippen LogP contribution in [-0.2, 0) is 6.42 Å². The van der Waals surface area contributed by atoms with Crippen molar-refractivity contribution in [1.29, 1.82) is 0 Å². The highest BCUT2D eigenvalue weighted by molar-refractivity contribution is 6.18. The number of allylic oxidation sites excluding steroid dienone is 1. The lowest BCUT2D eigenvalue weighted by atomic mass is 9.87. The molecule has 5 rings (SSSR count). The average Bonchev–Trinajstić information content (AvgIpc) is 2.60. The van der Waals surface area contributed by atoms with Crippen molar-refractivity contribution in [2.24, 2.45) is 0 Å². The van der Waals surface area contributed by atoms with Crippen LogP contribution in [0.1, 0.15) is 24.5 Å². The van der Waals surface area contributed by atoms with Crippen molar-refractivity contribution in [1.82, 2.24) is 0 Å². The van der Waals surface area contributed by atoms with Crippen molar-refractivity contribution in [3.8, 4) is 0 Å². The number of benzene rings is 4. The summed E-state index contributed by atoms with van der Waals surface area (Å²) in [5.74, 6) is 0. The average molecular weight is 294 g/mol. The summed E-state index contributed by atoms with van der Waals surface area (Å²) in [4.78, 5) is 0. The minimum atomic E-state index is 1.17. The molecule has 1 aliphatic rings. The van der Waals surface area contributed by atoms with E-state index < -0.39 is 0 Å². The Morgan fingerprint density at radius 1 is 0.609 bits per heavy atom. The first kappa shape index (κ1) is 12.9. The zero-order chi connectivity index (χ0) is 15.4. The Hall–Kier alpha value is -2.60. The lowest BCUT2D eigenvalue weighted by Gasteiger charge is -2.17. The normalized spacial score (nSPS) is 14.2. The molecule has 0 bridgehead atoms. The summed E-state index contributed by atoms with van der Waals surface area (Å²) in [6.45, 7) is 2.25. The smallest absolute Gasteiger partial charge is 0.00987 e. The first-order valence-corrected chi connectivity index (χ1v) is 8.34. The molecule has 0 amide bonds. The summed E-state index contributed by atoms with van der Waals surface area (Å²) in [6, 6.07) is 22.5. The second-order valence-corrected chi connectivity index (χ2v) is 6.67. The van der Waals surface area contributed by atoms with Crippen LogP contribution in [0.2, 0.25) is 0 Å². The van der Waals surface area contributed by atoms with Crippen molar-refractivity contribution < 1.29 is 0 Å². The number of aryl methyl sites for hydroxylation is 1. The zero-order valence-electron chi connectivity index (χ0n) is 13.3. The zero-order valence-corrected chi connectivity index (χ0v) is 13.3. The van der Waals surface area contributed by atoms with Crippen molar-refractivity contribution in [2.45, 2.75) is 19.8 Å². The molecule has 4 aromatic rings. The molecular weight excluding hydrogens is 276 g/mol. The molecule has 0 heterocycles. The van der Waals surface area contributed by atoms with Crippen molar-refractivity contribution in [3.63, 3.8) is 0 Å². The molecule has 0 nitrogen and oxygen atoms in total. The van der Waals surface area contributed by atoms with E-state index in [1.54, 1.807) is 0 Å². The molecule has 0 aliphatic heterocycles. The lowest BCUT2D eigenvalue weighted by Crippen LogP contribution is -1.98. The van der Waals surface area contributed by atoms with Gasteiger partial charge in [0.05, 0.1) is 0 Å². The van der Waals surface area contributed by atoms with Gasteiger partial charge < -0.3 is 0 Å². The maximum atomic E-state index is 2.38. The summed E-state index contributed by atoms with van der Waals surface area (Å²) in [6.07, 6.45) is 4.74. The van der Waals surface area contributed by atoms with Crippen molar-refractivity contribution in [2.75, 3.05) is 0 Å². The third kappa shape index (κ3) is 1.85. The van der Waals surface area contributed by atoms with Crippen LogP contribution in [0.15, 0.2) is 66.2 Å². The van der Waals surface area contributed by atoms with E-state index in [-0.39, 0.29) is 0 Å². The maximum absolute atomic E-state index is 2.38. The number of hydrogen-bond acceptors (Lipinski definition) is 0. The van der Waals surface area contributed by atoms with Gasteiger partial charge in [-0.25, -0.2) is 0 Å². The Bertz CT molecular complexity index is 1110. The van der Waals surface area contributed by atoms with Gasteiger partial charge in [0.1, 0.15) is 0 Å². The minimum absolute atomic E-state index is 1.17.